The molecule has 8 heteroatoms. The molecule has 1 N–H and O–H groups in total. The molecule has 2 aromatic rings. The highest BCUT2D eigenvalue weighted by molar-refractivity contribution is 7.13. The molecule has 1 amide bonds. The van der Waals surface area contributed by atoms with Gasteiger partial charge in [0, 0.05) is 57.1 Å². The number of anilines is 1. The van der Waals surface area contributed by atoms with Crippen molar-refractivity contribution in [2.24, 2.45) is 0 Å². The lowest BCUT2D eigenvalue weighted by molar-refractivity contribution is -0.114. The van der Waals surface area contributed by atoms with Crippen molar-refractivity contribution in [3.8, 4) is 11.5 Å². The van der Waals surface area contributed by atoms with E-state index in [0.717, 1.165) is 62.0 Å². The van der Waals surface area contributed by atoms with Crippen LogP contribution >= 0.6 is 11.3 Å². The summed E-state index contributed by atoms with van der Waals surface area (Å²) in [5.74, 6) is 1.66. The maximum Gasteiger partial charge on any atom is 0.223 e. The van der Waals surface area contributed by atoms with Gasteiger partial charge in [0.2, 0.25) is 5.91 Å². The maximum atomic E-state index is 11.1. The smallest absolute Gasteiger partial charge is 0.223 e. The van der Waals surface area contributed by atoms with Gasteiger partial charge in [-0.1, -0.05) is 0 Å². The Balaban J connectivity index is 1.52. The number of hydrogen-bond donors (Lipinski definition) is 1. The van der Waals surface area contributed by atoms with E-state index in [1.165, 1.54) is 18.3 Å². The fraction of sp³-hybridized carbons (Fsp3) is 0.474. The third kappa shape index (κ3) is 5.41. The molecule has 7 nitrogen and oxygen atoms in total. The second-order valence-electron chi connectivity index (χ2n) is 6.56. The molecule has 1 fully saturated rings. The van der Waals surface area contributed by atoms with Gasteiger partial charge in [-0.25, -0.2) is 4.98 Å². The minimum atomic E-state index is -0.0857. The van der Waals surface area contributed by atoms with E-state index in [1.54, 1.807) is 14.2 Å². The van der Waals surface area contributed by atoms with Crippen molar-refractivity contribution in [1.82, 2.24) is 14.8 Å². The van der Waals surface area contributed by atoms with Crippen molar-refractivity contribution >= 4 is 22.4 Å². The van der Waals surface area contributed by atoms with Crippen LogP contribution in [0.15, 0.2) is 23.6 Å². The van der Waals surface area contributed by atoms with E-state index in [2.05, 4.69) is 20.1 Å². The average molecular weight is 391 g/mol. The van der Waals surface area contributed by atoms with Crippen LogP contribution in [0.5, 0.6) is 11.5 Å². The summed E-state index contributed by atoms with van der Waals surface area (Å²) in [5.41, 5.74) is 2.15. The number of carbonyl (C=O) groups excluding carboxylic acids is 1. The number of benzene rings is 1. The Morgan fingerprint density at radius 2 is 1.85 bits per heavy atom. The Labute approximate surface area is 163 Å². The Morgan fingerprint density at radius 1 is 1.15 bits per heavy atom. The molecule has 1 saturated heterocycles. The highest BCUT2D eigenvalue weighted by atomic mass is 32.1. The monoisotopic (exact) mass is 390 g/mol. The molecular formula is C19H26N4O3S. The van der Waals surface area contributed by atoms with Gasteiger partial charge >= 0.3 is 0 Å². The number of nitrogens with zero attached hydrogens (tertiary/aromatic N) is 3. The number of thiazole rings is 1. The zero-order valence-corrected chi connectivity index (χ0v) is 16.8. The third-order valence-corrected chi connectivity index (χ3v) is 5.37. The zero-order chi connectivity index (χ0) is 19.2. The molecule has 0 bridgehead atoms. The molecule has 2 heterocycles. The number of piperazine rings is 1. The SMILES string of the molecule is COc1ccc(OC)c(CN2CCN(Cc3csc(NC(C)=O)n3)CC2)c1. The van der Waals surface area contributed by atoms with Crippen molar-refractivity contribution < 1.29 is 14.3 Å². The van der Waals surface area contributed by atoms with Crippen LogP contribution in [-0.2, 0) is 17.9 Å². The number of carbonyl (C=O) groups is 1. The van der Waals surface area contributed by atoms with Crippen LogP contribution in [0.4, 0.5) is 5.13 Å². The van der Waals surface area contributed by atoms with E-state index in [9.17, 15) is 4.79 Å². The van der Waals surface area contributed by atoms with Crippen molar-refractivity contribution in [3.05, 3.63) is 34.8 Å². The van der Waals surface area contributed by atoms with E-state index >= 15 is 0 Å². The molecular weight excluding hydrogens is 364 g/mol. The van der Waals surface area contributed by atoms with Crippen LogP contribution in [0.1, 0.15) is 18.2 Å². The lowest BCUT2D eigenvalue weighted by Crippen LogP contribution is -2.45. The first-order chi connectivity index (χ1) is 13.1. The summed E-state index contributed by atoms with van der Waals surface area (Å²) in [5, 5.41) is 5.42. The zero-order valence-electron chi connectivity index (χ0n) is 16.0. The molecule has 0 aliphatic carbocycles. The van der Waals surface area contributed by atoms with Crippen LogP contribution in [-0.4, -0.2) is 61.1 Å². The molecule has 0 spiro atoms. The lowest BCUT2D eigenvalue weighted by Gasteiger charge is -2.34. The van der Waals surface area contributed by atoms with Crippen LogP contribution in [0.3, 0.4) is 0 Å². The second kappa shape index (κ2) is 9.16. The van der Waals surface area contributed by atoms with E-state index in [-0.39, 0.29) is 5.91 Å². The molecule has 146 valence electrons. The number of amides is 1. The lowest BCUT2D eigenvalue weighted by atomic mass is 10.1. The van der Waals surface area contributed by atoms with Crippen LogP contribution in [0.2, 0.25) is 0 Å². The van der Waals surface area contributed by atoms with Gasteiger partial charge in [-0.05, 0) is 18.2 Å². The summed E-state index contributed by atoms with van der Waals surface area (Å²) in [7, 11) is 3.38. The molecule has 0 unspecified atom stereocenters. The quantitative estimate of drug-likeness (QED) is 0.783. The first-order valence-corrected chi connectivity index (χ1v) is 9.83. The second-order valence-corrected chi connectivity index (χ2v) is 7.41. The first kappa shape index (κ1) is 19.6. The van der Waals surface area contributed by atoms with Gasteiger partial charge in [-0.15, -0.1) is 11.3 Å². The Morgan fingerprint density at radius 3 is 2.48 bits per heavy atom. The third-order valence-electron chi connectivity index (χ3n) is 4.57. The standard InChI is InChI=1S/C19H26N4O3S/c1-14(24)20-19-21-16(13-27-19)12-23-8-6-22(7-9-23)11-15-10-17(25-2)4-5-18(15)26-3/h4-5,10,13H,6-9,11-12H2,1-3H3,(H,20,21,24). The Hall–Kier alpha value is -2.16. The van der Waals surface area contributed by atoms with Crippen molar-refractivity contribution in [1.29, 1.82) is 0 Å². The maximum absolute atomic E-state index is 11.1. The molecule has 0 saturated carbocycles. The fourth-order valence-corrected chi connectivity index (χ4v) is 3.92. The largest absolute Gasteiger partial charge is 0.497 e. The van der Waals surface area contributed by atoms with Gasteiger partial charge in [0.15, 0.2) is 5.13 Å². The molecule has 1 aromatic heterocycles. The van der Waals surface area contributed by atoms with Crippen LogP contribution in [0, 0.1) is 0 Å². The molecule has 3 rings (SSSR count). The summed E-state index contributed by atoms with van der Waals surface area (Å²) >= 11 is 1.47. The molecule has 1 aromatic carbocycles. The average Bonchev–Trinajstić information content (AvgIpc) is 3.09. The predicted molar refractivity (Wildman–Crippen MR) is 107 cm³/mol. The molecule has 27 heavy (non-hydrogen) atoms. The van der Waals surface area contributed by atoms with Gasteiger partial charge < -0.3 is 14.8 Å². The van der Waals surface area contributed by atoms with E-state index in [1.807, 2.05) is 23.6 Å². The number of hydrogen-bond acceptors (Lipinski definition) is 7. The van der Waals surface area contributed by atoms with Gasteiger partial charge in [0.25, 0.3) is 0 Å². The van der Waals surface area contributed by atoms with Gasteiger partial charge in [-0.3, -0.25) is 14.6 Å². The highest BCUT2D eigenvalue weighted by Gasteiger charge is 2.19. The Bertz CT molecular complexity index is 772. The van der Waals surface area contributed by atoms with Gasteiger partial charge in [0.05, 0.1) is 19.9 Å². The van der Waals surface area contributed by atoms with E-state index in [0.29, 0.717) is 5.13 Å². The highest BCUT2D eigenvalue weighted by Crippen LogP contribution is 2.26. The van der Waals surface area contributed by atoms with E-state index in [4.69, 9.17) is 9.47 Å². The number of ether oxygens (including phenoxy) is 2. The summed E-state index contributed by atoms with van der Waals surface area (Å²) in [6.07, 6.45) is 0. The number of rotatable bonds is 7. The molecule has 1 aliphatic heterocycles. The van der Waals surface area contributed by atoms with Crippen molar-refractivity contribution in [3.63, 3.8) is 0 Å². The van der Waals surface area contributed by atoms with Crippen molar-refractivity contribution in [2.75, 3.05) is 45.7 Å². The summed E-state index contributed by atoms with van der Waals surface area (Å²) in [6, 6.07) is 5.92. The number of aromatic nitrogens is 1. The summed E-state index contributed by atoms with van der Waals surface area (Å²) in [4.78, 5) is 20.4. The van der Waals surface area contributed by atoms with E-state index < -0.39 is 0 Å². The number of methoxy groups -OCH3 is 2. The molecule has 0 radical (unpaired) electrons. The first-order valence-electron chi connectivity index (χ1n) is 8.95. The van der Waals surface area contributed by atoms with Crippen LogP contribution in [0.25, 0.3) is 0 Å². The molecule has 1 aliphatic rings. The predicted octanol–water partition coefficient (Wildman–Crippen LogP) is 2.44. The fourth-order valence-electron chi connectivity index (χ4n) is 3.17. The minimum absolute atomic E-state index is 0.0857. The minimum Gasteiger partial charge on any atom is -0.497 e. The summed E-state index contributed by atoms with van der Waals surface area (Å²) < 4.78 is 10.8. The summed E-state index contributed by atoms with van der Waals surface area (Å²) in [6.45, 7) is 7.10. The normalized spacial score (nSPS) is 15.5. The van der Waals surface area contributed by atoms with Gasteiger partial charge in [0.1, 0.15) is 11.5 Å². The van der Waals surface area contributed by atoms with Crippen molar-refractivity contribution in [2.45, 2.75) is 20.0 Å². The topological polar surface area (TPSA) is 66.9 Å². The Kier molecular flexibility index (Phi) is 6.65. The molecule has 0 atom stereocenters. The van der Waals surface area contributed by atoms with Crippen LogP contribution < -0.4 is 14.8 Å². The van der Waals surface area contributed by atoms with Gasteiger partial charge in [-0.2, -0.15) is 0 Å². The number of nitrogens with one attached hydrogen (secondary N) is 1.